The van der Waals surface area contributed by atoms with Gasteiger partial charge in [-0.1, -0.05) is 24.1 Å². The molecule has 134 valence electrons. The quantitative estimate of drug-likeness (QED) is 0.540. The highest BCUT2D eigenvalue weighted by Gasteiger charge is 2.32. The number of benzene rings is 1. The number of nitrogens with zero attached hydrogens (tertiary/aromatic N) is 1. The third-order valence-electron chi connectivity index (χ3n) is 4.41. The standard InChI is InChI=1S/C18H24ClF3N2/c1-2-3-4-5-6-17(24-11-9-23-10-12-24)15-13-14(18(20,21)22)7-8-16(15)19/h2,7-8,13,17,23H,1,3-6,9-12H2/t17-/m0/s1. The normalized spacial score (nSPS) is 17.7. The minimum absolute atomic E-state index is 0.0771. The Labute approximate surface area is 146 Å². The predicted molar refractivity (Wildman–Crippen MR) is 92.3 cm³/mol. The molecule has 1 N–H and O–H groups in total. The average Bonchev–Trinajstić information content (AvgIpc) is 2.56. The van der Waals surface area contributed by atoms with Crippen molar-refractivity contribution in [3.05, 3.63) is 47.0 Å². The maximum absolute atomic E-state index is 13.1. The summed E-state index contributed by atoms with van der Waals surface area (Å²) in [5.41, 5.74) is -0.0416. The first-order chi connectivity index (χ1) is 11.4. The van der Waals surface area contributed by atoms with E-state index in [-0.39, 0.29) is 6.04 Å². The van der Waals surface area contributed by atoms with Gasteiger partial charge in [0.1, 0.15) is 0 Å². The van der Waals surface area contributed by atoms with E-state index in [1.165, 1.54) is 12.1 Å². The van der Waals surface area contributed by atoms with Crippen LogP contribution in [0.15, 0.2) is 30.9 Å². The second kappa shape index (κ2) is 8.88. The smallest absolute Gasteiger partial charge is 0.314 e. The van der Waals surface area contributed by atoms with Crippen LogP contribution in [0.5, 0.6) is 0 Å². The fraction of sp³-hybridized carbons (Fsp3) is 0.556. The lowest BCUT2D eigenvalue weighted by Crippen LogP contribution is -2.45. The second-order valence-electron chi connectivity index (χ2n) is 6.11. The van der Waals surface area contributed by atoms with Crippen molar-refractivity contribution in [3.8, 4) is 0 Å². The molecule has 0 bridgehead atoms. The molecule has 0 saturated carbocycles. The Balaban J connectivity index is 2.25. The molecule has 2 nitrogen and oxygen atoms in total. The van der Waals surface area contributed by atoms with Crippen molar-refractivity contribution in [2.45, 2.75) is 37.9 Å². The summed E-state index contributed by atoms with van der Waals surface area (Å²) in [4.78, 5) is 2.24. The molecule has 1 atom stereocenters. The first-order valence-corrected chi connectivity index (χ1v) is 8.73. The number of hydrogen-bond acceptors (Lipinski definition) is 2. The van der Waals surface area contributed by atoms with E-state index in [1.54, 1.807) is 0 Å². The molecule has 0 amide bonds. The predicted octanol–water partition coefficient (Wildman–Crippen LogP) is 5.05. The summed E-state index contributed by atoms with van der Waals surface area (Å²) >= 11 is 6.27. The minimum atomic E-state index is -4.35. The molecule has 6 heteroatoms. The summed E-state index contributed by atoms with van der Waals surface area (Å²) in [7, 11) is 0. The van der Waals surface area contributed by atoms with E-state index < -0.39 is 11.7 Å². The minimum Gasteiger partial charge on any atom is -0.314 e. The zero-order valence-corrected chi connectivity index (χ0v) is 14.5. The van der Waals surface area contributed by atoms with Crippen molar-refractivity contribution >= 4 is 11.6 Å². The van der Waals surface area contributed by atoms with Crippen LogP contribution in [0.25, 0.3) is 0 Å². The van der Waals surface area contributed by atoms with Crippen LogP contribution < -0.4 is 5.32 Å². The summed E-state index contributed by atoms with van der Waals surface area (Å²) in [6.07, 6.45) is 1.17. The largest absolute Gasteiger partial charge is 0.416 e. The highest BCUT2D eigenvalue weighted by atomic mass is 35.5. The lowest BCUT2D eigenvalue weighted by molar-refractivity contribution is -0.137. The van der Waals surface area contributed by atoms with E-state index in [0.29, 0.717) is 10.6 Å². The number of rotatable bonds is 7. The van der Waals surface area contributed by atoms with Gasteiger partial charge in [-0.05, 0) is 43.0 Å². The highest BCUT2D eigenvalue weighted by Crippen LogP contribution is 2.37. The third-order valence-corrected chi connectivity index (χ3v) is 4.75. The van der Waals surface area contributed by atoms with Gasteiger partial charge >= 0.3 is 6.18 Å². The SMILES string of the molecule is C=CCCCC[C@@H](c1cc(C(F)(F)F)ccc1Cl)N1CCNCC1. The molecule has 1 aliphatic heterocycles. The van der Waals surface area contributed by atoms with E-state index >= 15 is 0 Å². The fourth-order valence-electron chi connectivity index (χ4n) is 3.13. The highest BCUT2D eigenvalue weighted by molar-refractivity contribution is 6.31. The molecular formula is C18H24ClF3N2. The molecule has 1 heterocycles. The van der Waals surface area contributed by atoms with Crippen LogP contribution in [0.2, 0.25) is 5.02 Å². The fourth-order valence-corrected chi connectivity index (χ4v) is 3.37. The molecule has 1 fully saturated rings. The van der Waals surface area contributed by atoms with E-state index in [1.807, 2.05) is 6.08 Å². The molecule has 0 spiro atoms. The molecule has 24 heavy (non-hydrogen) atoms. The monoisotopic (exact) mass is 360 g/mol. The lowest BCUT2D eigenvalue weighted by atomic mass is 9.96. The Hall–Kier alpha value is -1.04. The average molecular weight is 361 g/mol. The molecule has 1 aromatic carbocycles. The van der Waals surface area contributed by atoms with E-state index in [2.05, 4.69) is 16.8 Å². The molecule has 2 rings (SSSR count). The van der Waals surface area contributed by atoms with Gasteiger partial charge in [-0.25, -0.2) is 0 Å². The van der Waals surface area contributed by atoms with Gasteiger partial charge in [0.05, 0.1) is 5.56 Å². The van der Waals surface area contributed by atoms with Gasteiger partial charge in [0, 0.05) is 37.2 Å². The van der Waals surface area contributed by atoms with Gasteiger partial charge in [-0.3, -0.25) is 4.90 Å². The van der Waals surface area contributed by atoms with Crippen molar-refractivity contribution in [1.29, 1.82) is 0 Å². The number of unbranched alkanes of at least 4 members (excludes halogenated alkanes) is 2. The van der Waals surface area contributed by atoms with Gasteiger partial charge in [0.25, 0.3) is 0 Å². The molecular weight excluding hydrogens is 337 g/mol. The Kier molecular flexibility index (Phi) is 7.14. The van der Waals surface area contributed by atoms with E-state index in [0.717, 1.165) is 57.9 Å². The zero-order valence-electron chi connectivity index (χ0n) is 13.7. The Morgan fingerprint density at radius 1 is 1.25 bits per heavy atom. The van der Waals surface area contributed by atoms with Crippen LogP contribution in [0.4, 0.5) is 13.2 Å². The Morgan fingerprint density at radius 2 is 1.96 bits per heavy atom. The van der Waals surface area contributed by atoms with Crippen molar-refractivity contribution in [1.82, 2.24) is 10.2 Å². The van der Waals surface area contributed by atoms with E-state index in [9.17, 15) is 13.2 Å². The number of alkyl halides is 3. The van der Waals surface area contributed by atoms with Crippen LogP contribution >= 0.6 is 11.6 Å². The molecule has 1 saturated heterocycles. The van der Waals surface area contributed by atoms with Gasteiger partial charge in [0.2, 0.25) is 0 Å². The number of allylic oxidation sites excluding steroid dienone is 1. The third kappa shape index (κ3) is 5.23. The summed E-state index contributed by atoms with van der Waals surface area (Å²) < 4.78 is 39.2. The van der Waals surface area contributed by atoms with Crippen molar-refractivity contribution in [3.63, 3.8) is 0 Å². The first kappa shape index (κ1) is 19.3. The van der Waals surface area contributed by atoms with Gasteiger partial charge < -0.3 is 5.32 Å². The van der Waals surface area contributed by atoms with Crippen molar-refractivity contribution in [2.75, 3.05) is 26.2 Å². The van der Waals surface area contributed by atoms with Crippen LogP contribution in [0.1, 0.15) is 42.9 Å². The maximum atomic E-state index is 13.1. The molecule has 1 aliphatic rings. The second-order valence-corrected chi connectivity index (χ2v) is 6.52. The number of hydrogen-bond donors (Lipinski definition) is 1. The van der Waals surface area contributed by atoms with Crippen molar-refractivity contribution < 1.29 is 13.2 Å². The topological polar surface area (TPSA) is 15.3 Å². The maximum Gasteiger partial charge on any atom is 0.416 e. The van der Waals surface area contributed by atoms with Crippen LogP contribution in [0.3, 0.4) is 0 Å². The van der Waals surface area contributed by atoms with Crippen LogP contribution in [-0.4, -0.2) is 31.1 Å². The molecule has 0 radical (unpaired) electrons. The summed E-state index contributed by atoms with van der Waals surface area (Å²) in [5, 5.41) is 3.69. The molecule has 1 aromatic rings. The first-order valence-electron chi connectivity index (χ1n) is 8.36. The molecule has 0 unspecified atom stereocenters. The number of nitrogens with one attached hydrogen (secondary N) is 1. The number of halogens is 4. The Morgan fingerprint density at radius 3 is 2.58 bits per heavy atom. The molecule has 0 aliphatic carbocycles. The Bertz CT molecular complexity index is 540. The van der Waals surface area contributed by atoms with Gasteiger partial charge in [-0.15, -0.1) is 6.58 Å². The number of piperazine rings is 1. The van der Waals surface area contributed by atoms with E-state index in [4.69, 9.17) is 11.6 Å². The van der Waals surface area contributed by atoms with Gasteiger partial charge in [-0.2, -0.15) is 13.2 Å². The van der Waals surface area contributed by atoms with Crippen LogP contribution in [0, 0.1) is 0 Å². The summed E-state index contributed by atoms with van der Waals surface area (Å²) in [6, 6.07) is 3.58. The summed E-state index contributed by atoms with van der Waals surface area (Å²) in [5.74, 6) is 0. The summed E-state index contributed by atoms with van der Waals surface area (Å²) in [6.45, 7) is 7.04. The van der Waals surface area contributed by atoms with Crippen LogP contribution in [-0.2, 0) is 6.18 Å². The molecule has 0 aromatic heterocycles. The van der Waals surface area contributed by atoms with Crippen molar-refractivity contribution in [2.24, 2.45) is 0 Å². The lowest BCUT2D eigenvalue weighted by Gasteiger charge is -2.36. The van der Waals surface area contributed by atoms with Gasteiger partial charge in [0.15, 0.2) is 0 Å². The zero-order chi connectivity index (χ0) is 17.6.